The number of hydrogen-bond acceptors (Lipinski definition) is 3. The van der Waals surface area contributed by atoms with Crippen LogP contribution in [0, 0.1) is 5.92 Å². The number of guanidine groups is 1. The van der Waals surface area contributed by atoms with Gasteiger partial charge in [0.05, 0.1) is 7.11 Å². The Morgan fingerprint density at radius 1 is 0.963 bits per heavy atom. The highest BCUT2D eigenvalue weighted by Gasteiger charge is 2.06. The molecule has 144 valence electrons. The summed E-state index contributed by atoms with van der Waals surface area (Å²) in [4.78, 5) is 16.0. The van der Waals surface area contributed by atoms with Crippen molar-refractivity contribution in [3.05, 3.63) is 59.7 Å². The van der Waals surface area contributed by atoms with Crippen molar-refractivity contribution in [2.75, 3.05) is 19.5 Å². The second kappa shape index (κ2) is 10.2. The van der Waals surface area contributed by atoms with E-state index in [-0.39, 0.29) is 11.8 Å². The third kappa shape index (κ3) is 6.66. The summed E-state index contributed by atoms with van der Waals surface area (Å²) in [5.41, 5.74) is 3.05. The number of benzene rings is 2. The number of ether oxygens (including phenoxy) is 1. The molecule has 0 atom stereocenters. The van der Waals surface area contributed by atoms with Crippen molar-refractivity contribution in [2.24, 2.45) is 10.9 Å². The van der Waals surface area contributed by atoms with Crippen LogP contribution in [0.1, 0.15) is 25.0 Å². The summed E-state index contributed by atoms with van der Waals surface area (Å²) in [6, 6.07) is 15.7. The van der Waals surface area contributed by atoms with Crippen LogP contribution in [0.25, 0.3) is 0 Å². The number of nitrogens with zero attached hydrogens (tertiary/aromatic N) is 1. The van der Waals surface area contributed by atoms with Crippen molar-refractivity contribution in [1.82, 2.24) is 10.6 Å². The van der Waals surface area contributed by atoms with Gasteiger partial charge < -0.3 is 20.7 Å². The molecule has 1 amide bonds. The summed E-state index contributed by atoms with van der Waals surface area (Å²) < 4.78 is 5.16. The minimum absolute atomic E-state index is 0.0176. The average molecular weight is 368 g/mol. The summed E-state index contributed by atoms with van der Waals surface area (Å²) in [6.45, 7) is 5.06. The number of hydrogen-bond donors (Lipinski definition) is 3. The zero-order chi connectivity index (χ0) is 19.6. The quantitative estimate of drug-likeness (QED) is 0.518. The minimum Gasteiger partial charge on any atom is -0.497 e. The molecule has 0 saturated heterocycles. The van der Waals surface area contributed by atoms with Crippen LogP contribution in [0.15, 0.2) is 53.5 Å². The van der Waals surface area contributed by atoms with Gasteiger partial charge >= 0.3 is 0 Å². The Hall–Kier alpha value is -3.02. The number of aliphatic imine (C=N–C) groups is 1. The molecule has 6 heteroatoms. The maximum atomic E-state index is 11.7. The molecule has 2 aromatic carbocycles. The van der Waals surface area contributed by atoms with Crippen LogP contribution in [-0.4, -0.2) is 26.0 Å². The van der Waals surface area contributed by atoms with E-state index in [2.05, 4.69) is 20.9 Å². The van der Waals surface area contributed by atoms with Gasteiger partial charge in [-0.2, -0.15) is 0 Å². The van der Waals surface area contributed by atoms with Gasteiger partial charge in [-0.05, 0) is 35.4 Å². The molecule has 6 nitrogen and oxygen atoms in total. The van der Waals surface area contributed by atoms with Crippen molar-refractivity contribution in [3.8, 4) is 5.75 Å². The lowest BCUT2D eigenvalue weighted by atomic mass is 10.1. The predicted octanol–water partition coefficient (Wildman–Crippen LogP) is 3.15. The van der Waals surface area contributed by atoms with E-state index >= 15 is 0 Å². The van der Waals surface area contributed by atoms with Gasteiger partial charge in [0.25, 0.3) is 0 Å². The van der Waals surface area contributed by atoms with Gasteiger partial charge in [0.1, 0.15) is 5.75 Å². The lowest BCUT2D eigenvalue weighted by Crippen LogP contribution is -2.36. The molecule has 2 aromatic rings. The molecule has 0 fully saturated rings. The fourth-order valence-corrected chi connectivity index (χ4v) is 2.33. The van der Waals surface area contributed by atoms with Gasteiger partial charge in [-0.25, -0.2) is 0 Å². The van der Waals surface area contributed by atoms with Crippen molar-refractivity contribution >= 4 is 17.6 Å². The van der Waals surface area contributed by atoms with E-state index in [1.165, 1.54) is 0 Å². The van der Waals surface area contributed by atoms with Crippen LogP contribution in [0.5, 0.6) is 5.75 Å². The van der Waals surface area contributed by atoms with Crippen molar-refractivity contribution < 1.29 is 9.53 Å². The summed E-state index contributed by atoms with van der Waals surface area (Å²) in [7, 11) is 3.40. The lowest BCUT2D eigenvalue weighted by Gasteiger charge is -2.13. The third-order valence-electron chi connectivity index (χ3n) is 4.05. The van der Waals surface area contributed by atoms with Crippen molar-refractivity contribution in [3.63, 3.8) is 0 Å². The van der Waals surface area contributed by atoms with Gasteiger partial charge in [-0.3, -0.25) is 9.79 Å². The molecule has 0 aromatic heterocycles. The lowest BCUT2D eigenvalue weighted by molar-refractivity contribution is -0.118. The molecule has 3 N–H and O–H groups in total. The average Bonchev–Trinajstić information content (AvgIpc) is 2.69. The number of carbonyl (C=O) groups is 1. The first-order valence-corrected chi connectivity index (χ1v) is 8.99. The first kappa shape index (κ1) is 20.3. The number of methoxy groups -OCH3 is 1. The highest BCUT2D eigenvalue weighted by atomic mass is 16.5. The molecular weight excluding hydrogens is 340 g/mol. The number of carbonyl (C=O) groups excluding carboxylic acids is 1. The Morgan fingerprint density at radius 3 is 1.93 bits per heavy atom. The van der Waals surface area contributed by atoms with Gasteiger partial charge in [-0.15, -0.1) is 0 Å². The molecule has 0 bridgehead atoms. The Balaban J connectivity index is 1.81. The molecule has 27 heavy (non-hydrogen) atoms. The van der Waals surface area contributed by atoms with E-state index in [0.717, 1.165) is 28.5 Å². The molecule has 0 aliphatic carbocycles. The number of anilines is 1. The molecular formula is C21H28N4O2. The summed E-state index contributed by atoms with van der Waals surface area (Å²) in [5, 5.41) is 9.46. The Morgan fingerprint density at radius 2 is 1.48 bits per heavy atom. The zero-order valence-corrected chi connectivity index (χ0v) is 16.4. The normalized spacial score (nSPS) is 11.2. The van der Waals surface area contributed by atoms with Crippen LogP contribution in [0.4, 0.5) is 5.69 Å². The van der Waals surface area contributed by atoms with Crippen LogP contribution >= 0.6 is 0 Å². The Bertz CT molecular complexity index is 753. The number of rotatable bonds is 7. The van der Waals surface area contributed by atoms with E-state index in [4.69, 9.17) is 4.74 Å². The van der Waals surface area contributed by atoms with E-state index in [1.54, 1.807) is 14.2 Å². The van der Waals surface area contributed by atoms with Gasteiger partial charge in [-0.1, -0.05) is 38.1 Å². The van der Waals surface area contributed by atoms with Crippen molar-refractivity contribution in [2.45, 2.75) is 26.9 Å². The fourth-order valence-electron chi connectivity index (χ4n) is 2.33. The largest absolute Gasteiger partial charge is 0.497 e. The Kier molecular flexibility index (Phi) is 7.67. The predicted molar refractivity (Wildman–Crippen MR) is 110 cm³/mol. The highest BCUT2D eigenvalue weighted by Crippen LogP contribution is 2.12. The van der Waals surface area contributed by atoms with Crippen LogP contribution in [-0.2, 0) is 17.9 Å². The van der Waals surface area contributed by atoms with Crippen LogP contribution in [0.2, 0.25) is 0 Å². The van der Waals surface area contributed by atoms with E-state index < -0.39 is 0 Å². The first-order valence-electron chi connectivity index (χ1n) is 8.99. The number of amides is 1. The van der Waals surface area contributed by atoms with Crippen LogP contribution in [0.3, 0.4) is 0 Å². The maximum Gasteiger partial charge on any atom is 0.226 e. The van der Waals surface area contributed by atoms with E-state index in [0.29, 0.717) is 13.1 Å². The zero-order valence-electron chi connectivity index (χ0n) is 16.4. The fraction of sp³-hybridized carbons (Fsp3) is 0.333. The van der Waals surface area contributed by atoms with Gasteiger partial charge in [0, 0.05) is 31.7 Å². The third-order valence-corrected chi connectivity index (χ3v) is 4.05. The molecule has 0 unspecified atom stereocenters. The smallest absolute Gasteiger partial charge is 0.226 e. The maximum absolute atomic E-state index is 11.7. The second-order valence-corrected chi connectivity index (χ2v) is 6.47. The van der Waals surface area contributed by atoms with Crippen molar-refractivity contribution in [1.29, 1.82) is 0 Å². The van der Waals surface area contributed by atoms with E-state index in [1.807, 2.05) is 62.4 Å². The molecule has 0 spiro atoms. The number of nitrogens with one attached hydrogen (secondary N) is 3. The molecule has 0 heterocycles. The molecule has 0 aliphatic heterocycles. The first-order chi connectivity index (χ1) is 13.0. The summed E-state index contributed by atoms with van der Waals surface area (Å²) in [5.74, 6) is 1.55. The minimum atomic E-state index is -0.0357. The Labute approximate surface area is 161 Å². The monoisotopic (exact) mass is 368 g/mol. The van der Waals surface area contributed by atoms with Gasteiger partial charge in [0.15, 0.2) is 5.96 Å². The SMILES string of the molecule is CN=C(NCc1ccc(NC(=O)C(C)C)cc1)NCc1ccc(OC)cc1. The molecule has 0 radical (unpaired) electrons. The summed E-state index contributed by atoms with van der Waals surface area (Å²) in [6.07, 6.45) is 0. The standard InChI is InChI=1S/C21H28N4O2/c1-15(2)20(26)25-18-9-5-16(6-10-18)13-23-21(22-3)24-14-17-7-11-19(27-4)12-8-17/h5-12,15H,13-14H2,1-4H3,(H,25,26)(H2,22,23,24). The van der Waals surface area contributed by atoms with E-state index in [9.17, 15) is 4.79 Å². The second-order valence-electron chi connectivity index (χ2n) is 6.47. The van der Waals surface area contributed by atoms with Crippen LogP contribution < -0.4 is 20.7 Å². The van der Waals surface area contributed by atoms with Gasteiger partial charge in [0.2, 0.25) is 5.91 Å². The molecule has 2 rings (SSSR count). The molecule has 0 aliphatic rings. The summed E-state index contributed by atoms with van der Waals surface area (Å²) >= 11 is 0. The topological polar surface area (TPSA) is 74.8 Å². The highest BCUT2D eigenvalue weighted by molar-refractivity contribution is 5.92. The molecule has 0 saturated carbocycles.